The number of anilines is 1. The molecule has 0 amide bonds. The Balaban J connectivity index is 2.28. The lowest BCUT2D eigenvalue weighted by Crippen LogP contribution is -2.09. The molecule has 0 radical (unpaired) electrons. The molecule has 0 unspecified atom stereocenters. The molecule has 0 saturated carbocycles. The van der Waals surface area contributed by atoms with Gasteiger partial charge in [-0.2, -0.15) is 0 Å². The average molecular weight is 298 g/mol. The zero-order chi connectivity index (χ0) is 11.4. The van der Waals surface area contributed by atoms with E-state index in [-0.39, 0.29) is 0 Å². The summed E-state index contributed by atoms with van der Waals surface area (Å²) in [7, 11) is 0. The molecule has 0 aromatic carbocycles. The van der Waals surface area contributed by atoms with E-state index in [4.69, 9.17) is 5.84 Å². The number of hydrazine groups is 1. The van der Waals surface area contributed by atoms with Crippen molar-refractivity contribution < 1.29 is 0 Å². The van der Waals surface area contributed by atoms with Crippen LogP contribution >= 0.6 is 27.7 Å². The number of aromatic nitrogens is 3. The second-order valence-electron chi connectivity index (χ2n) is 2.77. The van der Waals surface area contributed by atoms with E-state index < -0.39 is 0 Å². The quantitative estimate of drug-likeness (QED) is 0.513. The summed E-state index contributed by atoms with van der Waals surface area (Å²) in [4.78, 5) is 13.2. The van der Waals surface area contributed by atoms with Crippen molar-refractivity contribution in [2.24, 2.45) is 5.84 Å². The lowest BCUT2D eigenvalue weighted by Gasteiger charge is -2.06. The SMILES string of the molecule is NNc1ncnc(Sc2ccncc2)c1Br. The number of halogens is 1. The number of nitrogen functional groups attached to an aromatic ring is 1. The number of nitrogens with one attached hydrogen (secondary N) is 1. The smallest absolute Gasteiger partial charge is 0.158 e. The Labute approximate surface area is 105 Å². The molecule has 2 aromatic rings. The fourth-order valence-corrected chi connectivity index (χ4v) is 2.37. The maximum atomic E-state index is 5.32. The van der Waals surface area contributed by atoms with Crippen LogP contribution in [-0.4, -0.2) is 15.0 Å². The zero-order valence-corrected chi connectivity index (χ0v) is 10.5. The van der Waals surface area contributed by atoms with Crippen LogP contribution in [0.15, 0.2) is 45.2 Å². The van der Waals surface area contributed by atoms with Crippen LogP contribution in [0.2, 0.25) is 0 Å². The first-order valence-corrected chi connectivity index (χ1v) is 5.97. The lowest BCUT2D eigenvalue weighted by atomic mass is 10.5. The van der Waals surface area contributed by atoms with E-state index in [1.165, 1.54) is 18.1 Å². The zero-order valence-electron chi connectivity index (χ0n) is 8.09. The number of pyridine rings is 1. The third-order valence-corrected chi connectivity index (χ3v) is 3.78. The first-order valence-electron chi connectivity index (χ1n) is 4.36. The summed E-state index contributed by atoms with van der Waals surface area (Å²) < 4.78 is 0.749. The van der Waals surface area contributed by atoms with E-state index >= 15 is 0 Å². The molecule has 82 valence electrons. The Hall–Kier alpha value is -1.18. The van der Waals surface area contributed by atoms with E-state index in [2.05, 4.69) is 36.3 Å². The normalized spacial score (nSPS) is 10.1. The van der Waals surface area contributed by atoms with Crippen molar-refractivity contribution in [3.05, 3.63) is 35.3 Å². The van der Waals surface area contributed by atoms with Gasteiger partial charge in [-0.1, -0.05) is 11.8 Å². The van der Waals surface area contributed by atoms with E-state index in [0.29, 0.717) is 5.82 Å². The number of hydrogen-bond acceptors (Lipinski definition) is 6. The van der Waals surface area contributed by atoms with Crippen LogP contribution < -0.4 is 11.3 Å². The summed E-state index contributed by atoms with van der Waals surface area (Å²) in [6.07, 6.45) is 4.93. The van der Waals surface area contributed by atoms with Crippen molar-refractivity contribution in [3.8, 4) is 0 Å². The van der Waals surface area contributed by atoms with Crippen molar-refractivity contribution in [2.45, 2.75) is 9.92 Å². The van der Waals surface area contributed by atoms with Gasteiger partial charge in [0, 0.05) is 17.3 Å². The third-order valence-electron chi connectivity index (χ3n) is 1.76. The first kappa shape index (κ1) is 11.3. The van der Waals surface area contributed by atoms with Gasteiger partial charge >= 0.3 is 0 Å². The Kier molecular flexibility index (Phi) is 3.70. The van der Waals surface area contributed by atoms with Gasteiger partial charge in [-0.25, -0.2) is 15.8 Å². The van der Waals surface area contributed by atoms with Crippen molar-refractivity contribution in [2.75, 3.05) is 5.43 Å². The van der Waals surface area contributed by atoms with Gasteiger partial charge in [-0.15, -0.1) is 0 Å². The van der Waals surface area contributed by atoms with Crippen LogP contribution in [0.1, 0.15) is 0 Å². The Morgan fingerprint density at radius 1 is 1.25 bits per heavy atom. The summed E-state index contributed by atoms with van der Waals surface area (Å²) in [6, 6.07) is 3.82. The molecule has 2 aromatic heterocycles. The molecular formula is C9H8BrN5S. The Morgan fingerprint density at radius 2 is 2.00 bits per heavy atom. The van der Waals surface area contributed by atoms with E-state index in [9.17, 15) is 0 Å². The Morgan fingerprint density at radius 3 is 2.69 bits per heavy atom. The van der Waals surface area contributed by atoms with E-state index in [1.807, 2.05) is 12.1 Å². The predicted molar refractivity (Wildman–Crippen MR) is 65.9 cm³/mol. The summed E-state index contributed by atoms with van der Waals surface area (Å²) in [6.45, 7) is 0. The number of rotatable bonds is 3. The van der Waals surface area contributed by atoms with Crippen LogP contribution in [0.25, 0.3) is 0 Å². The minimum Gasteiger partial charge on any atom is -0.307 e. The second-order valence-corrected chi connectivity index (χ2v) is 4.63. The highest BCUT2D eigenvalue weighted by atomic mass is 79.9. The van der Waals surface area contributed by atoms with Gasteiger partial charge < -0.3 is 5.43 Å². The molecule has 0 saturated heterocycles. The summed E-state index contributed by atoms with van der Waals surface area (Å²) >= 11 is 4.91. The summed E-state index contributed by atoms with van der Waals surface area (Å²) in [5.74, 6) is 5.89. The first-order chi connectivity index (χ1) is 7.81. The van der Waals surface area contributed by atoms with Crippen LogP contribution in [0, 0.1) is 0 Å². The molecular weight excluding hydrogens is 290 g/mol. The highest BCUT2D eigenvalue weighted by Gasteiger charge is 2.08. The van der Waals surface area contributed by atoms with Gasteiger partial charge in [0.1, 0.15) is 11.4 Å². The van der Waals surface area contributed by atoms with Gasteiger partial charge in [0.2, 0.25) is 0 Å². The van der Waals surface area contributed by atoms with Gasteiger partial charge in [0.05, 0.1) is 4.47 Å². The minimum atomic E-state index is 0.562. The van der Waals surface area contributed by atoms with Crippen LogP contribution in [0.5, 0.6) is 0 Å². The van der Waals surface area contributed by atoms with Gasteiger partial charge in [-0.05, 0) is 28.1 Å². The van der Waals surface area contributed by atoms with Crippen LogP contribution in [-0.2, 0) is 0 Å². The van der Waals surface area contributed by atoms with E-state index in [0.717, 1.165) is 14.4 Å². The molecule has 0 aliphatic carbocycles. The van der Waals surface area contributed by atoms with Crippen LogP contribution in [0.3, 0.4) is 0 Å². The molecule has 0 fully saturated rings. The molecule has 2 heterocycles. The summed E-state index contributed by atoms with van der Waals surface area (Å²) in [5.41, 5.74) is 2.50. The highest BCUT2D eigenvalue weighted by Crippen LogP contribution is 2.33. The largest absolute Gasteiger partial charge is 0.307 e. The van der Waals surface area contributed by atoms with Gasteiger partial charge in [-0.3, -0.25) is 4.98 Å². The monoisotopic (exact) mass is 297 g/mol. The molecule has 0 aliphatic rings. The molecule has 16 heavy (non-hydrogen) atoms. The molecule has 3 N–H and O–H groups in total. The lowest BCUT2D eigenvalue weighted by molar-refractivity contribution is 1.02. The molecule has 5 nitrogen and oxygen atoms in total. The van der Waals surface area contributed by atoms with Crippen molar-refractivity contribution in [3.63, 3.8) is 0 Å². The standard InChI is InChI=1S/C9H8BrN5S/c10-7-8(15-11)13-5-14-9(7)16-6-1-3-12-4-2-6/h1-5H,11H2,(H,13,14,15). The predicted octanol–water partition coefficient (Wildman–Crippen LogP) is 2.07. The molecule has 0 atom stereocenters. The van der Waals surface area contributed by atoms with Crippen molar-refractivity contribution in [1.29, 1.82) is 0 Å². The average Bonchev–Trinajstić information content (AvgIpc) is 2.33. The van der Waals surface area contributed by atoms with Gasteiger partial charge in [0.25, 0.3) is 0 Å². The highest BCUT2D eigenvalue weighted by molar-refractivity contribution is 9.10. The molecule has 0 aliphatic heterocycles. The molecule has 7 heteroatoms. The maximum Gasteiger partial charge on any atom is 0.158 e. The number of nitrogens with zero attached hydrogens (tertiary/aromatic N) is 3. The van der Waals surface area contributed by atoms with Crippen molar-refractivity contribution >= 4 is 33.5 Å². The molecule has 2 rings (SSSR count). The number of hydrogen-bond donors (Lipinski definition) is 2. The third kappa shape index (κ3) is 2.49. The molecule has 0 spiro atoms. The fourth-order valence-electron chi connectivity index (χ4n) is 1.04. The van der Waals surface area contributed by atoms with Crippen molar-refractivity contribution in [1.82, 2.24) is 15.0 Å². The molecule has 0 bridgehead atoms. The second kappa shape index (κ2) is 5.24. The Bertz CT molecular complexity index is 479. The van der Waals surface area contributed by atoms with Crippen LogP contribution in [0.4, 0.5) is 5.82 Å². The topological polar surface area (TPSA) is 76.7 Å². The minimum absolute atomic E-state index is 0.562. The maximum absolute atomic E-state index is 5.32. The fraction of sp³-hybridized carbons (Fsp3) is 0. The summed E-state index contributed by atoms with van der Waals surface area (Å²) in [5, 5.41) is 0.800. The van der Waals surface area contributed by atoms with Gasteiger partial charge in [0.15, 0.2) is 5.82 Å². The van der Waals surface area contributed by atoms with E-state index in [1.54, 1.807) is 12.4 Å². The number of nitrogens with two attached hydrogens (primary N) is 1.